The van der Waals surface area contributed by atoms with Gasteiger partial charge < -0.3 is 15.1 Å². The summed E-state index contributed by atoms with van der Waals surface area (Å²) in [6.07, 6.45) is 4.90. The molecule has 2 N–H and O–H groups in total. The molecule has 1 fully saturated rings. The quantitative estimate of drug-likeness (QED) is 0.562. The molecule has 8 heteroatoms. The van der Waals surface area contributed by atoms with Crippen LogP contribution in [-0.4, -0.2) is 44.5 Å². The van der Waals surface area contributed by atoms with Crippen LogP contribution in [-0.2, 0) is 21.8 Å². The average Bonchev–Trinajstić information content (AvgIpc) is 3.03. The number of nitrogens with one attached hydrogen (secondary N) is 2. The molecule has 0 bridgehead atoms. The molecule has 2 rings (SSSR count). The minimum absolute atomic E-state index is 0.0816. The molecule has 1 aliphatic carbocycles. The summed E-state index contributed by atoms with van der Waals surface area (Å²) in [7, 11) is -2.97. The van der Waals surface area contributed by atoms with E-state index >= 15 is 0 Å². The number of sulfone groups is 1. The maximum atomic E-state index is 11.6. The molecular formula is C17H30N4O3S. The first-order valence-corrected chi connectivity index (χ1v) is 10.7. The molecule has 7 nitrogen and oxygen atoms in total. The van der Waals surface area contributed by atoms with Crippen molar-refractivity contribution in [2.24, 2.45) is 10.4 Å². The normalized spacial score (nSPS) is 17.4. The monoisotopic (exact) mass is 370 g/mol. The van der Waals surface area contributed by atoms with E-state index in [1.807, 2.05) is 6.92 Å². The van der Waals surface area contributed by atoms with E-state index in [9.17, 15) is 8.42 Å². The smallest absolute Gasteiger partial charge is 0.216 e. The van der Waals surface area contributed by atoms with Gasteiger partial charge in [-0.05, 0) is 19.8 Å². The summed E-state index contributed by atoms with van der Waals surface area (Å²) in [4.78, 5) is 8.77. The number of hydrogen-bond acceptors (Lipinski definition) is 5. The molecule has 0 radical (unpaired) electrons. The molecule has 1 aliphatic rings. The lowest BCUT2D eigenvalue weighted by molar-refractivity contribution is 0.383. The third-order valence-electron chi connectivity index (χ3n) is 4.17. The van der Waals surface area contributed by atoms with Gasteiger partial charge in [-0.15, -0.1) is 0 Å². The van der Waals surface area contributed by atoms with Gasteiger partial charge in [0.05, 0.1) is 11.9 Å². The summed E-state index contributed by atoms with van der Waals surface area (Å²) >= 11 is 0. The number of guanidine groups is 1. The fourth-order valence-electron chi connectivity index (χ4n) is 2.59. The van der Waals surface area contributed by atoms with Crippen LogP contribution >= 0.6 is 0 Å². The Hall–Kier alpha value is -1.57. The van der Waals surface area contributed by atoms with Gasteiger partial charge in [0.25, 0.3) is 0 Å². The molecule has 25 heavy (non-hydrogen) atoms. The first kappa shape index (κ1) is 19.8. The molecule has 0 aromatic carbocycles. The Kier molecular flexibility index (Phi) is 5.81. The zero-order valence-corrected chi connectivity index (χ0v) is 16.7. The lowest BCUT2D eigenvalue weighted by Gasteiger charge is -2.17. The Labute approximate surface area is 150 Å². The van der Waals surface area contributed by atoms with Crippen LogP contribution in [0.25, 0.3) is 0 Å². The van der Waals surface area contributed by atoms with E-state index in [1.165, 1.54) is 6.26 Å². The Balaban J connectivity index is 1.96. The lowest BCUT2D eigenvalue weighted by Crippen LogP contribution is -2.41. The summed E-state index contributed by atoms with van der Waals surface area (Å²) in [5.74, 6) is 2.28. The van der Waals surface area contributed by atoms with Crippen molar-refractivity contribution >= 4 is 15.8 Å². The highest BCUT2D eigenvalue weighted by molar-refractivity contribution is 7.90. The maximum absolute atomic E-state index is 11.6. The maximum Gasteiger partial charge on any atom is 0.216 e. The van der Waals surface area contributed by atoms with Crippen LogP contribution in [0.5, 0.6) is 0 Å². The topological polar surface area (TPSA) is 96.6 Å². The van der Waals surface area contributed by atoms with E-state index in [4.69, 9.17) is 4.42 Å². The van der Waals surface area contributed by atoms with E-state index in [0.29, 0.717) is 24.9 Å². The minimum Gasteiger partial charge on any atom is -0.443 e. The zero-order valence-electron chi connectivity index (χ0n) is 15.8. The fraction of sp³-hybridized carbons (Fsp3) is 0.765. The van der Waals surface area contributed by atoms with Gasteiger partial charge in [0.1, 0.15) is 22.1 Å². The van der Waals surface area contributed by atoms with Gasteiger partial charge in [-0.3, -0.25) is 0 Å². The Morgan fingerprint density at radius 1 is 1.36 bits per heavy atom. The van der Waals surface area contributed by atoms with Gasteiger partial charge in [-0.1, -0.05) is 20.8 Å². The van der Waals surface area contributed by atoms with Crippen molar-refractivity contribution in [2.75, 3.05) is 25.1 Å². The molecule has 0 saturated heterocycles. The third-order valence-corrected chi connectivity index (χ3v) is 5.30. The van der Waals surface area contributed by atoms with Gasteiger partial charge >= 0.3 is 0 Å². The highest BCUT2D eigenvalue weighted by Crippen LogP contribution is 2.45. The van der Waals surface area contributed by atoms with Crippen molar-refractivity contribution in [3.05, 3.63) is 17.8 Å². The molecule has 142 valence electrons. The fourth-order valence-corrected chi connectivity index (χ4v) is 4.10. The van der Waals surface area contributed by atoms with Crippen LogP contribution in [0, 0.1) is 5.41 Å². The minimum atomic E-state index is -2.97. The lowest BCUT2D eigenvalue weighted by atomic mass is 9.94. The first-order valence-electron chi connectivity index (χ1n) is 8.68. The van der Waals surface area contributed by atoms with Gasteiger partial charge in [-0.2, -0.15) is 0 Å². The summed E-state index contributed by atoms with van der Waals surface area (Å²) in [6, 6.07) is 0. The molecule has 1 saturated carbocycles. The first-order chi connectivity index (χ1) is 11.5. The predicted molar refractivity (Wildman–Crippen MR) is 99.4 cm³/mol. The summed E-state index contributed by atoms with van der Waals surface area (Å²) < 4.78 is 28.9. The Morgan fingerprint density at radius 2 is 2.04 bits per heavy atom. The van der Waals surface area contributed by atoms with E-state index < -0.39 is 9.84 Å². The number of rotatable bonds is 7. The molecule has 1 aromatic heterocycles. The SMILES string of the molecule is CCNC(=NCc1ncc(C(C)(C)C)o1)NCC1(CS(C)(=O)=O)CC1. The molecule has 0 atom stereocenters. The second kappa shape index (κ2) is 7.35. The van der Waals surface area contributed by atoms with E-state index in [1.54, 1.807) is 6.20 Å². The van der Waals surface area contributed by atoms with Crippen molar-refractivity contribution in [3.63, 3.8) is 0 Å². The van der Waals surface area contributed by atoms with E-state index in [0.717, 1.165) is 25.1 Å². The van der Waals surface area contributed by atoms with E-state index in [-0.39, 0.29) is 16.6 Å². The van der Waals surface area contributed by atoms with Gasteiger partial charge in [0.15, 0.2) is 5.96 Å². The van der Waals surface area contributed by atoms with Gasteiger partial charge in [0.2, 0.25) is 5.89 Å². The predicted octanol–water partition coefficient (Wildman–Crippen LogP) is 1.85. The van der Waals surface area contributed by atoms with Crippen LogP contribution in [0.4, 0.5) is 0 Å². The number of oxazole rings is 1. The van der Waals surface area contributed by atoms with E-state index in [2.05, 4.69) is 41.4 Å². The molecule has 0 amide bonds. The van der Waals surface area contributed by atoms with Crippen molar-refractivity contribution in [2.45, 2.75) is 52.5 Å². The summed E-state index contributed by atoms with van der Waals surface area (Å²) in [6.45, 7) is 9.87. The number of nitrogens with zero attached hydrogens (tertiary/aromatic N) is 2. The summed E-state index contributed by atoms with van der Waals surface area (Å²) in [5, 5.41) is 6.43. The van der Waals surface area contributed by atoms with Crippen molar-refractivity contribution in [1.29, 1.82) is 0 Å². The molecule has 0 unspecified atom stereocenters. The largest absolute Gasteiger partial charge is 0.443 e. The van der Waals surface area contributed by atoms with Gasteiger partial charge in [0, 0.05) is 30.2 Å². The third kappa shape index (κ3) is 6.34. The Morgan fingerprint density at radius 3 is 2.52 bits per heavy atom. The second-order valence-electron chi connectivity index (χ2n) is 7.99. The average molecular weight is 371 g/mol. The van der Waals surface area contributed by atoms with Crippen molar-refractivity contribution in [3.8, 4) is 0 Å². The number of aromatic nitrogens is 1. The zero-order chi connectivity index (χ0) is 18.7. The molecule has 1 aromatic rings. The summed E-state index contributed by atoms with van der Waals surface area (Å²) in [5.41, 5.74) is -0.228. The van der Waals surface area contributed by atoms with Crippen LogP contribution in [0.1, 0.15) is 52.2 Å². The highest BCUT2D eigenvalue weighted by atomic mass is 32.2. The van der Waals surface area contributed by atoms with Crippen LogP contribution in [0.2, 0.25) is 0 Å². The second-order valence-corrected chi connectivity index (χ2v) is 10.1. The van der Waals surface area contributed by atoms with Crippen LogP contribution in [0.15, 0.2) is 15.6 Å². The van der Waals surface area contributed by atoms with Crippen molar-refractivity contribution in [1.82, 2.24) is 15.6 Å². The van der Waals surface area contributed by atoms with Crippen LogP contribution in [0.3, 0.4) is 0 Å². The molecule has 0 aliphatic heterocycles. The number of aliphatic imine (C=N–C) groups is 1. The number of hydrogen-bond donors (Lipinski definition) is 2. The van der Waals surface area contributed by atoms with Gasteiger partial charge in [-0.25, -0.2) is 18.4 Å². The molecule has 0 spiro atoms. The van der Waals surface area contributed by atoms with Crippen LogP contribution < -0.4 is 10.6 Å². The Bertz CT molecular complexity index is 712. The molecular weight excluding hydrogens is 340 g/mol. The standard InChI is InChI=1S/C17H30N4O3S/c1-6-18-15(21-11-17(7-8-17)12-25(5,22)23)20-10-14-19-9-13(24-14)16(2,3)4/h9H,6-8,10-12H2,1-5H3,(H2,18,20,21). The highest BCUT2D eigenvalue weighted by Gasteiger charge is 2.45. The van der Waals surface area contributed by atoms with Crippen molar-refractivity contribution < 1.29 is 12.8 Å². The molecule has 1 heterocycles.